The van der Waals surface area contributed by atoms with E-state index in [-0.39, 0.29) is 5.69 Å². The number of nitrogens with one attached hydrogen (secondary N) is 1. The van der Waals surface area contributed by atoms with E-state index in [1.807, 2.05) is 17.6 Å². The van der Waals surface area contributed by atoms with Crippen molar-refractivity contribution in [2.45, 2.75) is 13.5 Å². The Hall–Kier alpha value is -2.34. The van der Waals surface area contributed by atoms with Gasteiger partial charge in [0.05, 0.1) is 17.4 Å². The monoisotopic (exact) mass is 290 g/mol. The van der Waals surface area contributed by atoms with Crippen molar-refractivity contribution in [1.29, 1.82) is 0 Å². The second kappa shape index (κ2) is 4.64. The first-order valence-corrected chi connectivity index (χ1v) is 6.42. The SMILES string of the molecule is CCn1c(-c2nc[nH]c2C(=O)O)nc2ccc(Cl)cc21. The maximum absolute atomic E-state index is 11.2. The zero-order valence-electron chi connectivity index (χ0n) is 10.6. The molecule has 0 fully saturated rings. The van der Waals surface area contributed by atoms with Gasteiger partial charge < -0.3 is 14.7 Å². The molecule has 102 valence electrons. The summed E-state index contributed by atoms with van der Waals surface area (Å²) in [7, 11) is 0. The summed E-state index contributed by atoms with van der Waals surface area (Å²) in [4.78, 5) is 22.4. The molecule has 0 aliphatic carbocycles. The molecule has 20 heavy (non-hydrogen) atoms. The van der Waals surface area contributed by atoms with E-state index in [0.717, 1.165) is 11.0 Å². The van der Waals surface area contributed by atoms with Gasteiger partial charge in [-0.1, -0.05) is 11.6 Å². The molecule has 0 unspecified atom stereocenters. The van der Waals surface area contributed by atoms with E-state index in [4.69, 9.17) is 16.7 Å². The third kappa shape index (κ3) is 1.85. The van der Waals surface area contributed by atoms with Crippen LogP contribution < -0.4 is 0 Å². The van der Waals surface area contributed by atoms with Crippen molar-refractivity contribution < 1.29 is 9.90 Å². The normalized spacial score (nSPS) is 11.1. The summed E-state index contributed by atoms with van der Waals surface area (Å²) in [6.45, 7) is 2.59. The Morgan fingerprint density at radius 2 is 2.30 bits per heavy atom. The van der Waals surface area contributed by atoms with Gasteiger partial charge in [-0.25, -0.2) is 14.8 Å². The van der Waals surface area contributed by atoms with Gasteiger partial charge in [0.1, 0.15) is 5.69 Å². The number of hydrogen-bond donors (Lipinski definition) is 2. The van der Waals surface area contributed by atoms with Crippen LogP contribution >= 0.6 is 11.6 Å². The number of aromatic carboxylic acids is 1. The topological polar surface area (TPSA) is 83.8 Å². The third-order valence-electron chi connectivity index (χ3n) is 3.09. The van der Waals surface area contributed by atoms with E-state index >= 15 is 0 Å². The van der Waals surface area contributed by atoms with Gasteiger partial charge in [0.25, 0.3) is 0 Å². The number of imidazole rings is 2. The average molecular weight is 291 g/mol. The van der Waals surface area contributed by atoms with E-state index in [1.54, 1.807) is 12.1 Å². The maximum atomic E-state index is 11.2. The van der Waals surface area contributed by atoms with Gasteiger partial charge in [-0.15, -0.1) is 0 Å². The average Bonchev–Trinajstić information content (AvgIpc) is 3.01. The molecule has 6 nitrogen and oxygen atoms in total. The summed E-state index contributed by atoms with van der Waals surface area (Å²) >= 11 is 6.01. The molecule has 2 N–H and O–H groups in total. The molecule has 0 radical (unpaired) electrons. The van der Waals surface area contributed by atoms with E-state index in [0.29, 0.717) is 23.1 Å². The lowest BCUT2D eigenvalue weighted by Crippen LogP contribution is -2.04. The second-order valence-corrected chi connectivity index (χ2v) is 4.68. The number of hydrogen-bond acceptors (Lipinski definition) is 3. The number of aryl methyl sites for hydroxylation is 1. The summed E-state index contributed by atoms with van der Waals surface area (Å²) in [5.41, 5.74) is 1.97. The van der Waals surface area contributed by atoms with E-state index < -0.39 is 5.97 Å². The molecule has 0 spiro atoms. The number of aromatic nitrogens is 4. The molecule has 3 rings (SSSR count). The Labute approximate surface area is 119 Å². The van der Waals surface area contributed by atoms with E-state index in [9.17, 15) is 4.79 Å². The zero-order chi connectivity index (χ0) is 14.3. The van der Waals surface area contributed by atoms with Crippen LogP contribution in [0.4, 0.5) is 0 Å². The quantitative estimate of drug-likeness (QED) is 0.777. The standard InChI is InChI=1S/C13H11ClN4O2/c1-2-18-9-5-7(14)3-4-8(9)17-12(18)10-11(13(19)20)16-6-15-10/h3-6H,2H2,1H3,(H,15,16)(H,19,20). The molecule has 0 bridgehead atoms. The Morgan fingerprint density at radius 3 is 3.00 bits per heavy atom. The number of aromatic amines is 1. The predicted molar refractivity (Wildman–Crippen MR) is 75.0 cm³/mol. The third-order valence-corrected chi connectivity index (χ3v) is 3.33. The first kappa shape index (κ1) is 12.7. The number of halogens is 1. The predicted octanol–water partition coefficient (Wildman–Crippen LogP) is 2.80. The lowest BCUT2D eigenvalue weighted by Gasteiger charge is -2.04. The minimum absolute atomic E-state index is 0.0288. The van der Waals surface area contributed by atoms with Crippen molar-refractivity contribution >= 4 is 28.6 Å². The molecule has 0 aliphatic heterocycles. The Bertz CT molecular complexity index is 806. The second-order valence-electron chi connectivity index (χ2n) is 4.24. The van der Waals surface area contributed by atoms with Crippen LogP contribution in [0.15, 0.2) is 24.5 Å². The largest absolute Gasteiger partial charge is 0.477 e. The van der Waals surface area contributed by atoms with Crippen LogP contribution in [-0.2, 0) is 6.54 Å². The highest BCUT2D eigenvalue weighted by Crippen LogP contribution is 2.27. The zero-order valence-corrected chi connectivity index (χ0v) is 11.3. The molecule has 0 aliphatic rings. The van der Waals surface area contributed by atoms with Crippen molar-refractivity contribution in [3.8, 4) is 11.5 Å². The lowest BCUT2D eigenvalue weighted by molar-refractivity contribution is 0.0692. The van der Waals surface area contributed by atoms with Crippen molar-refractivity contribution in [3.63, 3.8) is 0 Å². The Kier molecular flexibility index (Phi) is 2.94. The maximum Gasteiger partial charge on any atom is 0.354 e. The Morgan fingerprint density at radius 1 is 1.50 bits per heavy atom. The first-order chi connectivity index (χ1) is 9.61. The highest BCUT2D eigenvalue weighted by atomic mass is 35.5. The number of nitrogens with zero attached hydrogens (tertiary/aromatic N) is 3. The first-order valence-electron chi connectivity index (χ1n) is 6.04. The van der Waals surface area contributed by atoms with Crippen LogP contribution in [0.5, 0.6) is 0 Å². The van der Waals surface area contributed by atoms with Gasteiger partial charge in [0, 0.05) is 11.6 Å². The number of rotatable bonds is 3. The number of carbonyl (C=O) groups is 1. The molecule has 0 atom stereocenters. The summed E-state index contributed by atoms with van der Waals surface area (Å²) in [5, 5.41) is 9.78. The molecule has 2 heterocycles. The fraction of sp³-hybridized carbons (Fsp3) is 0.154. The Balaban J connectivity index is 2.30. The van der Waals surface area contributed by atoms with E-state index in [2.05, 4.69) is 15.0 Å². The lowest BCUT2D eigenvalue weighted by atomic mass is 10.3. The molecule has 3 aromatic rings. The molecule has 2 aromatic heterocycles. The number of fused-ring (bicyclic) bond motifs is 1. The summed E-state index contributed by atoms with van der Waals surface area (Å²) in [6.07, 6.45) is 1.35. The van der Waals surface area contributed by atoms with Gasteiger partial charge in [-0.2, -0.15) is 0 Å². The summed E-state index contributed by atoms with van der Waals surface area (Å²) in [5.74, 6) is -0.548. The van der Waals surface area contributed by atoms with Gasteiger partial charge in [0.2, 0.25) is 0 Å². The van der Waals surface area contributed by atoms with Crippen molar-refractivity contribution in [1.82, 2.24) is 19.5 Å². The van der Waals surface area contributed by atoms with Crippen LogP contribution in [0.3, 0.4) is 0 Å². The molecule has 0 amide bonds. The molecular weight excluding hydrogens is 280 g/mol. The molecule has 0 saturated carbocycles. The van der Waals surface area contributed by atoms with Crippen LogP contribution in [0.1, 0.15) is 17.4 Å². The fourth-order valence-electron chi connectivity index (χ4n) is 2.22. The van der Waals surface area contributed by atoms with Crippen molar-refractivity contribution in [3.05, 3.63) is 35.2 Å². The minimum atomic E-state index is -1.06. The van der Waals surface area contributed by atoms with Gasteiger partial charge in [0.15, 0.2) is 11.5 Å². The minimum Gasteiger partial charge on any atom is -0.477 e. The summed E-state index contributed by atoms with van der Waals surface area (Å²) < 4.78 is 1.89. The number of benzene rings is 1. The van der Waals surface area contributed by atoms with Gasteiger partial charge in [-0.3, -0.25) is 0 Å². The molecule has 1 aromatic carbocycles. The van der Waals surface area contributed by atoms with Crippen molar-refractivity contribution in [2.75, 3.05) is 0 Å². The number of H-pyrrole nitrogens is 1. The number of carboxylic acids is 1. The summed E-state index contributed by atoms with van der Waals surface area (Å²) in [6, 6.07) is 5.37. The number of carboxylic acid groups (broad SMARTS) is 1. The van der Waals surface area contributed by atoms with Crippen LogP contribution in [0.2, 0.25) is 5.02 Å². The highest BCUT2D eigenvalue weighted by molar-refractivity contribution is 6.31. The smallest absolute Gasteiger partial charge is 0.354 e. The van der Waals surface area contributed by atoms with Crippen molar-refractivity contribution in [2.24, 2.45) is 0 Å². The van der Waals surface area contributed by atoms with E-state index in [1.165, 1.54) is 6.33 Å². The highest BCUT2D eigenvalue weighted by Gasteiger charge is 2.20. The molecular formula is C13H11ClN4O2. The van der Waals surface area contributed by atoms with Crippen LogP contribution in [-0.4, -0.2) is 30.6 Å². The van der Waals surface area contributed by atoms with Gasteiger partial charge in [-0.05, 0) is 25.1 Å². The van der Waals surface area contributed by atoms with Crippen LogP contribution in [0.25, 0.3) is 22.6 Å². The molecule has 7 heteroatoms. The fourth-order valence-corrected chi connectivity index (χ4v) is 2.39. The van der Waals surface area contributed by atoms with Crippen LogP contribution in [0, 0.1) is 0 Å². The molecule has 0 saturated heterocycles. The van der Waals surface area contributed by atoms with Gasteiger partial charge >= 0.3 is 5.97 Å².